The summed E-state index contributed by atoms with van der Waals surface area (Å²) in [5.41, 5.74) is 1.71. The second kappa shape index (κ2) is 5.38. The van der Waals surface area contributed by atoms with E-state index in [0.29, 0.717) is 15.0 Å². The van der Waals surface area contributed by atoms with Gasteiger partial charge >= 0.3 is 92.4 Å². The summed E-state index contributed by atoms with van der Waals surface area (Å²) >= 11 is 0.657. The normalized spacial score (nSPS) is 16.4. The van der Waals surface area contributed by atoms with Crippen LogP contribution in [0.2, 0.25) is 5.32 Å². The van der Waals surface area contributed by atoms with Crippen LogP contribution in [0.25, 0.3) is 0 Å². The molecule has 0 bridgehead atoms. The van der Waals surface area contributed by atoms with E-state index < -0.39 is 0 Å². The summed E-state index contributed by atoms with van der Waals surface area (Å²) in [5, 5.41) is 1.33. The molecule has 0 spiro atoms. The maximum atomic E-state index is 2.47. The summed E-state index contributed by atoms with van der Waals surface area (Å²) in [6, 6.07) is 10.9. The molecular formula is C13H16Se. The molecule has 0 aromatic heterocycles. The average Bonchev–Trinajstić information content (AvgIpc) is 2.29. The standard InChI is InChI=1S/C13H16Se/c1-3-7-12(8-4-1)11-14-13-9-5-2-6-10-13/h2,5-7,9-10H,1,3-4,8,11H2. The van der Waals surface area contributed by atoms with E-state index in [1.165, 1.54) is 35.5 Å². The fraction of sp³-hybridized carbons (Fsp3) is 0.385. The van der Waals surface area contributed by atoms with Crippen molar-refractivity contribution in [3.8, 4) is 0 Å². The molecule has 1 aromatic rings. The molecular weight excluding hydrogens is 235 g/mol. The second-order valence-corrected chi connectivity index (χ2v) is 5.91. The molecule has 0 amide bonds. The van der Waals surface area contributed by atoms with Crippen LogP contribution in [0.4, 0.5) is 0 Å². The third-order valence-electron chi connectivity index (χ3n) is 2.55. The summed E-state index contributed by atoms with van der Waals surface area (Å²) in [4.78, 5) is 0. The average molecular weight is 251 g/mol. The van der Waals surface area contributed by atoms with Gasteiger partial charge in [-0.2, -0.15) is 0 Å². The van der Waals surface area contributed by atoms with E-state index in [9.17, 15) is 0 Å². The van der Waals surface area contributed by atoms with Gasteiger partial charge in [0, 0.05) is 0 Å². The first-order valence-corrected chi connectivity index (χ1v) is 7.38. The van der Waals surface area contributed by atoms with E-state index in [0.717, 1.165) is 0 Å². The molecule has 0 nitrogen and oxygen atoms in total. The Kier molecular flexibility index (Phi) is 3.85. The van der Waals surface area contributed by atoms with Crippen LogP contribution in [0.3, 0.4) is 0 Å². The van der Waals surface area contributed by atoms with Gasteiger partial charge in [0.25, 0.3) is 0 Å². The van der Waals surface area contributed by atoms with Crippen molar-refractivity contribution < 1.29 is 0 Å². The maximum absolute atomic E-state index is 2.47. The molecule has 0 unspecified atom stereocenters. The summed E-state index contributed by atoms with van der Waals surface area (Å²) < 4.78 is 1.53. The van der Waals surface area contributed by atoms with Crippen molar-refractivity contribution in [3.63, 3.8) is 0 Å². The van der Waals surface area contributed by atoms with Gasteiger partial charge in [0.1, 0.15) is 0 Å². The summed E-state index contributed by atoms with van der Waals surface area (Å²) in [5.74, 6) is 0. The van der Waals surface area contributed by atoms with Crippen molar-refractivity contribution in [2.24, 2.45) is 0 Å². The molecule has 0 heterocycles. The minimum absolute atomic E-state index is 0.657. The number of hydrogen-bond acceptors (Lipinski definition) is 0. The zero-order valence-electron chi connectivity index (χ0n) is 8.41. The molecule has 0 aliphatic heterocycles. The van der Waals surface area contributed by atoms with Crippen LogP contribution in [0.5, 0.6) is 0 Å². The quantitative estimate of drug-likeness (QED) is 0.572. The molecule has 1 aromatic carbocycles. The molecule has 0 saturated heterocycles. The van der Waals surface area contributed by atoms with Gasteiger partial charge in [-0.1, -0.05) is 0 Å². The van der Waals surface area contributed by atoms with Crippen LogP contribution in [0.1, 0.15) is 25.7 Å². The zero-order chi connectivity index (χ0) is 9.64. The van der Waals surface area contributed by atoms with E-state index in [1.54, 1.807) is 5.57 Å². The van der Waals surface area contributed by atoms with E-state index >= 15 is 0 Å². The zero-order valence-corrected chi connectivity index (χ0v) is 10.1. The molecule has 2 rings (SSSR count). The number of allylic oxidation sites excluding steroid dienone is 2. The van der Waals surface area contributed by atoms with E-state index in [2.05, 4.69) is 36.4 Å². The van der Waals surface area contributed by atoms with Gasteiger partial charge in [0.2, 0.25) is 0 Å². The van der Waals surface area contributed by atoms with Crippen LogP contribution in [-0.2, 0) is 0 Å². The fourth-order valence-electron chi connectivity index (χ4n) is 1.73. The number of hydrogen-bond donors (Lipinski definition) is 0. The SMILES string of the molecule is C1=C(C[Se]c2ccccc2)CCCC1. The molecule has 0 N–H and O–H groups in total. The van der Waals surface area contributed by atoms with Crippen LogP contribution in [0, 0.1) is 0 Å². The molecule has 0 saturated carbocycles. The van der Waals surface area contributed by atoms with Crippen molar-refractivity contribution >= 4 is 19.4 Å². The Bertz CT molecular complexity index is 300. The second-order valence-electron chi connectivity index (χ2n) is 3.71. The third-order valence-corrected chi connectivity index (χ3v) is 4.90. The first-order chi connectivity index (χ1) is 6.95. The molecule has 1 aliphatic carbocycles. The third kappa shape index (κ3) is 3.01. The van der Waals surface area contributed by atoms with Crippen LogP contribution < -0.4 is 4.46 Å². The minimum atomic E-state index is 0.657. The molecule has 74 valence electrons. The Balaban J connectivity index is 1.85. The van der Waals surface area contributed by atoms with Gasteiger partial charge in [-0.25, -0.2) is 0 Å². The fourth-order valence-corrected chi connectivity index (χ4v) is 3.75. The van der Waals surface area contributed by atoms with Gasteiger partial charge in [0.05, 0.1) is 0 Å². The summed E-state index contributed by atoms with van der Waals surface area (Å²) in [6.07, 6.45) is 7.96. The molecule has 1 heteroatoms. The number of benzene rings is 1. The van der Waals surface area contributed by atoms with Gasteiger partial charge in [-0.05, 0) is 0 Å². The Morgan fingerprint density at radius 2 is 1.93 bits per heavy atom. The van der Waals surface area contributed by atoms with Gasteiger partial charge in [0.15, 0.2) is 0 Å². The first kappa shape index (κ1) is 10.0. The van der Waals surface area contributed by atoms with Crippen LogP contribution in [-0.4, -0.2) is 15.0 Å². The van der Waals surface area contributed by atoms with Crippen molar-refractivity contribution in [1.29, 1.82) is 0 Å². The van der Waals surface area contributed by atoms with Gasteiger partial charge in [-0.15, -0.1) is 0 Å². The summed E-state index contributed by atoms with van der Waals surface area (Å²) in [6.45, 7) is 0. The predicted octanol–water partition coefficient (Wildman–Crippen LogP) is 2.93. The molecule has 14 heavy (non-hydrogen) atoms. The van der Waals surface area contributed by atoms with E-state index in [4.69, 9.17) is 0 Å². The van der Waals surface area contributed by atoms with Crippen molar-refractivity contribution in [1.82, 2.24) is 0 Å². The van der Waals surface area contributed by atoms with Gasteiger partial charge < -0.3 is 0 Å². The Morgan fingerprint density at radius 3 is 2.64 bits per heavy atom. The van der Waals surface area contributed by atoms with Crippen molar-refractivity contribution in [2.45, 2.75) is 31.0 Å². The molecule has 0 atom stereocenters. The monoisotopic (exact) mass is 252 g/mol. The Hall–Kier alpha value is -0.521. The van der Waals surface area contributed by atoms with Crippen LogP contribution >= 0.6 is 0 Å². The molecule has 0 fully saturated rings. The predicted molar refractivity (Wildman–Crippen MR) is 63.2 cm³/mol. The molecule has 0 radical (unpaired) electrons. The van der Waals surface area contributed by atoms with Gasteiger partial charge in [-0.3, -0.25) is 0 Å². The van der Waals surface area contributed by atoms with E-state index in [-0.39, 0.29) is 0 Å². The first-order valence-electron chi connectivity index (χ1n) is 5.31. The Morgan fingerprint density at radius 1 is 1.07 bits per heavy atom. The van der Waals surface area contributed by atoms with Crippen LogP contribution in [0.15, 0.2) is 42.0 Å². The summed E-state index contributed by atoms with van der Waals surface area (Å²) in [7, 11) is 0. The Labute approximate surface area is 92.6 Å². The molecule has 1 aliphatic rings. The van der Waals surface area contributed by atoms with E-state index in [1.807, 2.05) is 0 Å². The number of rotatable bonds is 3. The van der Waals surface area contributed by atoms with Crippen molar-refractivity contribution in [3.05, 3.63) is 42.0 Å². The topological polar surface area (TPSA) is 0 Å². The van der Waals surface area contributed by atoms with Crippen molar-refractivity contribution in [2.75, 3.05) is 0 Å².